The molecule has 14 aromatic rings. The highest BCUT2D eigenvalue weighted by atomic mass is 79.9. The number of nitrogens with zero attached hydrogens (tertiary/aromatic N) is 17. The van der Waals surface area contributed by atoms with Crippen LogP contribution in [-0.2, 0) is 49.3 Å². The maximum Gasteiger partial charge on any atom is 0.260 e. The van der Waals surface area contributed by atoms with Crippen LogP contribution in [0.25, 0.3) is 76.3 Å². The maximum absolute atomic E-state index is 12.0. The van der Waals surface area contributed by atoms with E-state index in [-0.39, 0.29) is 38.9 Å². The third-order valence-corrected chi connectivity index (χ3v) is 20.8. The Kier molecular flexibility index (Phi) is 31.0. The average Bonchev–Trinajstić information content (AvgIpc) is 1.58. The van der Waals surface area contributed by atoms with Crippen molar-refractivity contribution in [1.29, 1.82) is 5.41 Å². The van der Waals surface area contributed by atoms with Gasteiger partial charge >= 0.3 is 0 Å². The van der Waals surface area contributed by atoms with E-state index in [1.54, 1.807) is 123 Å². The molecule has 0 atom stereocenters. The second-order valence-electron chi connectivity index (χ2n) is 29.5. The molecule has 31 nitrogen and oxygen atoms in total. The first-order chi connectivity index (χ1) is 57.0. The second kappa shape index (κ2) is 41.5. The number of likely N-dealkylation sites (N-methyl/N-ethyl adjacent to an activating group) is 1. The summed E-state index contributed by atoms with van der Waals surface area (Å²) in [4.78, 5) is 119. The molecule has 2 aliphatic rings. The number of nitrogens with one attached hydrogen (secondary N) is 7. The Morgan fingerprint density at radius 3 is 1.13 bits per heavy atom. The van der Waals surface area contributed by atoms with E-state index in [0.717, 1.165) is 118 Å². The van der Waals surface area contributed by atoms with Gasteiger partial charge in [-0.2, -0.15) is 0 Å². The standard InChI is InChI=1S/C16H22N4O.C13H18N4O.C13H15N3O.C12H14N4O.C12H15N3O.C10H10BrN3O.C10H10ClN3O/c1-19-12-18-15-11-13(5-6-14(15)16(19)21)17-7-10-20-8-3-2-4-9-20;1-16(2)7-6-14-10-4-5-11-12(8-10)15-9-17(3)13(11)18;1-16-8-15-12-6-10(14-7-9-2-3-9)4-5-11(12)13(16)17;1-15(2)11(13)8-4-5-9-10(6-8)14-7-16(3)12(9)17;1-3-6-13-9-4-5-10-11(7-9)14-8-15(2)12(10)16;2*1-12-9-4-8-6(3-7(9)11)10(15)14(2)5-13-8/h5-6,11-12,17H,2-4,7-10H2,1H3;4-5,8-9,14H,6-7H2,1-3H3;4-6,8-9,14H,2-3,7H2,1H3;4-7,13H,1-3H3;4-5,7-8,13H,3,6H2,1-2H3;2*3-5,12H,1-2H3. The predicted octanol–water partition coefficient (Wildman–Crippen LogP) is 10.4. The van der Waals surface area contributed by atoms with Crippen LogP contribution in [0.5, 0.6) is 0 Å². The summed E-state index contributed by atoms with van der Waals surface area (Å²) in [6.45, 7) is 10.3. The Hall–Kier alpha value is -12.5. The minimum absolute atomic E-state index is 0.000123. The molecule has 16 rings (SSSR count). The number of fused-ring (bicyclic) bond motifs is 7. The summed E-state index contributed by atoms with van der Waals surface area (Å²) in [6, 6.07) is 35.1. The molecule has 1 aliphatic carbocycles. The van der Waals surface area contributed by atoms with Crippen molar-refractivity contribution < 1.29 is 0 Å². The summed E-state index contributed by atoms with van der Waals surface area (Å²) in [6.07, 6.45) is 18.5. The number of anilines is 6. The molecule has 0 radical (unpaired) electrons. The van der Waals surface area contributed by atoms with E-state index >= 15 is 0 Å². The summed E-state index contributed by atoms with van der Waals surface area (Å²) >= 11 is 9.39. The summed E-state index contributed by atoms with van der Waals surface area (Å²) in [5.74, 6) is 1.23. The van der Waals surface area contributed by atoms with Crippen LogP contribution in [0.2, 0.25) is 5.02 Å². The third kappa shape index (κ3) is 23.4. The van der Waals surface area contributed by atoms with Crippen LogP contribution >= 0.6 is 27.5 Å². The Morgan fingerprint density at radius 2 is 0.765 bits per heavy atom. The molecular weight excluding hydrogens is 1600 g/mol. The van der Waals surface area contributed by atoms with Gasteiger partial charge in [-0.15, -0.1) is 0 Å². The zero-order valence-corrected chi connectivity index (χ0v) is 72.0. The lowest BCUT2D eigenvalue weighted by Crippen LogP contribution is -2.33. The average molecular weight is 1700 g/mol. The molecule has 1 saturated carbocycles. The fourth-order valence-corrected chi connectivity index (χ4v) is 13.4. The van der Waals surface area contributed by atoms with Crippen molar-refractivity contribution in [2.24, 2.45) is 55.3 Å². The lowest BCUT2D eigenvalue weighted by Gasteiger charge is -2.26. The molecule has 7 aromatic carbocycles. The monoisotopic (exact) mass is 1700 g/mol. The van der Waals surface area contributed by atoms with Crippen LogP contribution in [-0.4, -0.2) is 182 Å². The largest absolute Gasteiger partial charge is 0.387 e. The van der Waals surface area contributed by atoms with E-state index in [4.69, 9.17) is 17.0 Å². The third-order valence-electron chi connectivity index (χ3n) is 19.8. The van der Waals surface area contributed by atoms with Gasteiger partial charge < -0.3 is 78.6 Å². The summed E-state index contributed by atoms with van der Waals surface area (Å²) in [5, 5.41) is 32.1. The number of piperidine rings is 1. The summed E-state index contributed by atoms with van der Waals surface area (Å²) in [7, 11) is 23.2. The number of rotatable bonds is 17. The van der Waals surface area contributed by atoms with Gasteiger partial charge in [0.25, 0.3) is 38.9 Å². The van der Waals surface area contributed by atoms with Gasteiger partial charge in [0.2, 0.25) is 0 Å². The zero-order chi connectivity index (χ0) is 85.7. The fourth-order valence-electron chi connectivity index (χ4n) is 12.6. The van der Waals surface area contributed by atoms with Gasteiger partial charge in [-0.1, -0.05) is 31.0 Å². The van der Waals surface area contributed by atoms with Crippen LogP contribution in [0, 0.1) is 11.3 Å². The van der Waals surface area contributed by atoms with E-state index in [2.05, 4.69) is 99.4 Å². The van der Waals surface area contributed by atoms with E-state index < -0.39 is 0 Å². The number of amidine groups is 1. The highest BCUT2D eigenvalue weighted by molar-refractivity contribution is 9.10. The van der Waals surface area contributed by atoms with Crippen molar-refractivity contribution in [3.8, 4) is 0 Å². The molecular formula is C86H104BrClN24O7. The summed E-state index contributed by atoms with van der Waals surface area (Å²) in [5.41, 5.74) is 11.2. The Bertz CT molecular complexity index is 6300. The van der Waals surface area contributed by atoms with Crippen molar-refractivity contribution in [1.82, 2.24) is 81.6 Å². The van der Waals surface area contributed by atoms with Crippen molar-refractivity contribution >= 4 is 144 Å². The van der Waals surface area contributed by atoms with Crippen LogP contribution < -0.4 is 70.8 Å². The number of aryl methyl sites for hydroxylation is 7. The summed E-state index contributed by atoms with van der Waals surface area (Å²) < 4.78 is 11.2. The lowest BCUT2D eigenvalue weighted by molar-refractivity contribution is 0.237. The molecule has 1 saturated heterocycles. The van der Waals surface area contributed by atoms with E-state index in [0.29, 0.717) is 65.1 Å². The van der Waals surface area contributed by atoms with Crippen LogP contribution in [0.1, 0.15) is 51.0 Å². The Labute approximate surface area is 701 Å². The van der Waals surface area contributed by atoms with Gasteiger partial charge in [-0.25, -0.2) is 34.9 Å². The first-order valence-corrected chi connectivity index (χ1v) is 40.2. The smallest absolute Gasteiger partial charge is 0.260 e. The minimum Gasteiger partial charge on any atom is -0.387 e. The SMILES string of the molecule is CCCNc1ccc2c(=O)n(C)cnc2c1.CN(C)C(=N)c1ccc2c(=O)n(C)cnc2c1.CN(C)CCNc1ccc2c(=O)n(C)cnc2c1.CNc1cc2ncn(C)c(=O)c2cc1Br.CNc1cc2ncn(C)c(=O)c2cc1Cl.Cn1cnc2cc(NCC3CC3)ccc2c1=O.Cn1cnc2cc(NCCN3CCCCC3)ccc2c1=O. The van der Waals surface area contributed by atoms with Gasteiger partial charge in [0.15, 0.2) is 0 Å². The molecule has 0 bridgehead atoms. The molecule has 0 spiro atoms. The van der Waals surface area contributed by atoms with Crippen molar-refractivity contribution in [3.05, 3.63) is 247 Å². The molecule has 8 heterocycles. The van der Waals surface area contributed by atoms with Gasteiger partial charge in [-0.3, -0.25) is 39.0 Å². The lowest BCUT2D eigenvalue weighted by atomic mass is 10.1. The normalized spacial score (nSPS) is 12.3. The van der Waals surface area contributed by atoms with Crippen LogP contribution in [0.15, 0.2) is 198 Å². The number of hydrogen-bond acceptors (Lipinski definition) is 23. The van der Waals surface area contributed by atoms with Crippen molar-refractivity contribution in [2.45, 2.75) is 45.4 Å². The van der Waals surface area contributed by atoms with Gasteiger partial charge in [0, 0.05) is 150 Å². The molecule has 7 aromatic heterocycles. The van der Waals surface area contributed by atoms with Gasteiger partial charge in [0.1, 0.15) is 5.84 Å². The van der Waals surface area contributed by atoms with E-state index in [9.17, 15) is 33.6 Å². The molecule has 2 fully saturated rings. The Balaban J connectivity index is 0.000000146. The highest BCUT2D eigenvalue weighted by Gasteiger charge is 2.21. The number of hydrogen-bond donors (Lipinski definition) is 7. The number of aromatic nitrogens is 14. The zero-order valence-electron chi connectivity index (χ0n) is 69.7. The quantitative estimate of drug-likeness (QED) is 0.0329. The molecule has 1 aliphatic heterocycles. The van der Waals surface area contributed by atoms with Crippen LogP contribution in [0.3, 0.4) is 0 Å². The molecule has 0 unspecified atom stereocenters. The molecule has 7 N–H and O–H groups in total. The molecule has 624 valence electrons. The van der Waals surface area contributed by atoms with Crippen LogP contribution in [0.4, 0.5) is 34.1 Å². The first kappa shape index (κ1) is 88.8. The van der Waals surface area contributed by atoms with Crippen molar-refractivity contribution in [3.63, 3.8) is 0 Å². The fraction of sp³-hybridized carbons (Fsp3) is 0.337. The van der Waals surface area contributed by atoms with E-state index in [1.807, 2.05) is 114 Å². The van der Waals surface area contributed by atoms with Gasteiger partial charge in [-0.05, 0) is 190 Å². The number of benzene rings is 7. The second-order valence-corrected chi connectivity index (χ2v) is 30.8. The van der Waals surface area contributed by atoms with E-state index in [1.165, 1.54) is 96.1 Å². The topological polar surface area (TPSA) is 350 Å². The number of likely N-dealkylation sites (tertiary alicyclic amines) is 1. The first-order valence-electron chi connectivity index (χ1n) is 39.1. The van der Waals surface area contributed by atoms with Gasteiger partial charge in [0.05, 0.1) is 137 Å². The highest BCUT2D eigenvalue weighted by Crippen LogP contribution is 2.30. The Morgan fingerprint density at radius 1 is 0.429 bits per heavy atom. The predicted molar refractivity (Wildman–Crippen MR) is 487 cm³/mol. The molecule has 33 heteroatoms. The molecule has 0 amide bonds. The number of halogens is 2. The maximum atomic E-state index is 12.0. The van der Waals surface area contributed by atoms with Crippen molar-refractivity contribution in [2.75, 3.05) is 127 Å². The molecule has 119 heavy (non-hydrogen) atoms. The minimum atomic E-state index is -0.0930.